The second-order valence-electron chi connectivity index (χ2n) is 9.37. The molecule has 14 heteroatoms. The van der Waals surface area contributed by atoms with Crippen LogP contribution < -0.4 is 0 Å². The number of rotatable bonds is 7. The Hall–Kier alpha value is -2.09. The standard InChI is InChI=1S/C22H26ClF4N5O3S/c1-30-14-20(28-29-30)36(34,35)32-10-8-31(9-11-32)21(4-6-22(26,27)7-5-21)3-2-19(33)15-12-17(24)18(25)13-16(15)23/h12-14H,2-11H2,1H3. The summed E-state index contributed by atoms with van der Waals surface area (Å²) in [5.41, 5.74) is -0.920. The van der Waals surface area contributed by atoms with Crippen molar-refractivity contribution in [3.05, 3.63) is 40.6 Å². The summed E-state index contributed by atoms with van der Waals surface area (Å²) in [6, 6.07) is 1.48. The highest BCUT2D eigenvalue weighted by atomic mass is 35.5. The molecule has 1 aromatic carbocycles. The summed E-state index contributed by atoms with van der Waals surface area (Å²) < 4.78 is 83.5. The monoisotopic (exact) mass is 551 g/mol. The maximum absolute atomic E-state index is 14.0. The van der Waals surface area contributed by atoms with E-state index in [1.54, 1.807) is 7.05 Å². The van der Waals surface area contributed by atoms with Gasteiger partial charge in [-0.25, -0.2) is 26.0 Å². The van der Waals surface area contributed by atoms with Gasteiger partial charge in [0.1, 0.15) is 0 Å². The van der Waals surface area contributed by atoms with Gasteiger partial charge in [-0.2, -0.15) is 4.31 Å². The Bertz CT molecular complexity index is 1240. The minimum absolute atomic E-state index is 0.103. The van der Waals surface area contributed by atoms with Crippen LogP contribution in [0, 0.1) is 11.6 Å². The maximum Gasteiger partial charge on any atom is 0.264 e. The van der Waals surface area contributed by atoms with Crippen molar-refractivity contribution in [2.45, 2.75) is 55.0 Å². The molecular weight excluding hydrogens is 526 g/mol. The van der Waals surface area contributed by atoms with Gasteiger partial charge in [-0.15, -0.1) is 5.10 Å². The summed E-state index contributed by atoms with van der Waals surface area (Å²) in [7, 11) is -2.29. The summed E-state index contributed by atoms with van der Waals surface area (Å²) in [5, 5.41) is 6.97. The lowest BCUT2D eigenvalue weighted by atomic mass is 9.74. The predicted octanol–water partition coefficient (Wildman–Crippen LogP) is 3.66. The highest BCUT2D eigenvalue weighted by molar-refractivity contribution is 7.89. The van der Waals surface area contributed by atoms with Gasteiger partial charge in [-0.3, -0.25) is 14.4 Å². The van der Waals surface area contributed by atoms with Crippen molar-refractivity contribution in [2.24, 2.45) is 7.05 Å². The number of ketones is 1. The summed E-state index contributed by atoms with van der Waals surface area (Å²) in [5.74, 6) is -5.69. The third-order valence-corrected chi connectivity index (χ3v) is 9.21. The van der Waals surface area contributed by atoms with Gasteiger partial charge >= 0.3 is 0 Å². The van der Waals surface area contributed by atoms with E-state index in [-0.39, 0.29) is 80.3 Å². The van der Waals surface area contributed by atoms with Gasteiger partial charge in [-0.1, -0.05) is 16.8 Å². The largest absolute Gasteiger partial charge is 0.295 e. The molecule has 0 unspecified atom stereocenters. The van der Waals surface area contributed by atoms with Gasteiger partial charge in [0.15, 0.2) is 17.4 Å². The van der Waals surface area contributed by atoms with Crippen LogP contribution in [0.4, 0.5) is 17.6 Å². The predicted molar refractivity (Wildman–Crippen MR) is 122 cm³/mol. The van der Waals surface area contributed by atoms with E-state index in [9.17, 15) is 30.8 Å². The number of aromatic nitrogens is 3. The van der Waals surface area contributed by atoms with E-state index in [2.05, 4.69) is 10.3 Å². The van der Waals surface area contributed by atoms with Gasteiger partial charge in [0, 0.05) is 63.6 Å². The highest BCUT2D eigenvalue weighted by Crippen LogP contribution is 2.44. The summed E-state index contributed by atoms with van der Waals surface area (Å²) in [6.45, 7) is 0.816. The number of carbonyl (C=O) groups excluding carboxylic acids is 1. The molecule has 0 spiro atoms. The first-order valence-corrected chi connectivity index (χ1v) is 13.3. The second-order valence-corrected chi connectivity index (χ2v) is 11.7. The fraction of sp³-hybridized carbons (Fsp3) is 0.591. The van der Waals surface area contributed by atoms with E-state index in [1.807, 2.05) is 4.90 Å². The van der Waals surface area contributed by atoms with Crippen molar-refractivity contribution >= 4 is 27.4 Å². The van der Waals surface area contributed by atoms with Gasteiger partial charge in [0.25, 0.3) is 10.0 Å². The average Bonchev–Trinajstić information content (AvgIpc) is 3.28. The molecule has 0 N–H and O–H groups in total. The van der Waals surface area contributed by atoms with Crippen LogP contribution in [-0.2, 0) is 17.1 Å². The molecule has 2 aliphatic rings. The zero-order chi connectivity index (χ0) is 26.3. The molecule has 1 saturated heterocycles. The number of sulfonamides is 1. The smallest absolute Gasteiger partial charge is 0.264 e. The maximum atomic E-state index is 14.0. The van der Waals surface area contributed by atoms with Gasteiger partial charge < -0.3 is 0 Å². The van der Waals surface area contributed by atoms with Crippen LogP contribution in [0.1, 0.15) is 48.9 Å². The van der Waals surface area contributed by atoms with Crippen molar-refractivity contribution in [3.8, 4) is 0 Å². The van der Waals surface area contributed by atoms with Crippen LogP contribution >= 0.6 is 11.6 Å². The molecule has 1 saturated carbocycles. The lowest BCUT2D eigenvalue weighted by molar-refractivity contribution is -0.0891. The number of benzene rings is 1. The third-order valence-electron chi connectivity index (χ3n) is 7.14. The fourth-order valence-electron chi connectivity index (χ4n) is 5.00. The molecule has 8 nitrogen and oxygen atoms in total. The molecule has 0 bridgehead atoms. The zero-order valence-corrected chi connectivity index (χ0v) is 21.1. The van der Waals surface area contributed by atoms with Crippen molar-refractivity contribution < 1.29 is 30.8 Å². The number of hydrogen-bond donors (Lipinski definition) is 0. The number of hydrogen-bond acceptors (Lipinski definition) is 6. The molecule has 0 amide bonds. The van der Waals surface area contributed by atoms with Crippen molar-refractivity contribution in [3.63, 3.8) is 0 Å². The molecule has 2 heterocycles. The van der Waals surface area contributed by atoms with Crippen LogP contribution in [0.15, 0.2) is 23.4 Å². The highest BCUT2D eigenvalue weighted by Gasteiger charge is 2.47. The SMILES string of the molecule is Cn1cc(S(=O)(=O)N2CCN(C3(CCC(=O)c4cc(F)c(F)cc4Cl)CCC(F)(F)CC3)CC2)nn1. The Labute approximate surface area is 211 Å². The van der Waals surface area contributed by atoms with Crippen molar-refractivity contribution in [1.82, 2.24) is 24.2 Å². The van der Waals surface area contributed by atoms with Gasteiger partial charge in [-0.05, 0) is 31.4 Å². The third kappa shape index (κ3) is 5.43. The van der Waals surface area contributed by atoms with Crippen molar-refractivity contribution in [2.75, 3.05) is 26.2 Å². The first kappa shape index (κ1) is 27.0. The minimum Gasteiger partial charge on any atom is -0.295 e. The number of nitrogens with zero attached hydrogens (tertiary/aromatic N) is 5. The van der Waals surface area contributed by atoms with Crippen molar-refractivity contribution in [1.29, 1.82) is 0 Å². The molecule has 36 heavy (non-hydrogen) atoms. The first-order chi connectivity index (χ1) is 16.8. The lowest BCUT2D eigenvalue weighted by Gasteiger charge is -2.50. The Kier molecular flexibility index (Phi) is 7.48. The molecular formula is C22H26ClF4N5O3S. The number of alkyl halides is 2. The molecule has 4 rings (SSSR count). The fourth-order valence-corrected chi connectivity index (χ4v) is 6.59. The molecule has 198 valence electrons. The van der Waals surface area contributed by atoms with Gasteiger partial charge in [0.05, 0.1) is 11.2 Å². The normalized spacial score (nSPS) is 20.9. The molecule has 0 atom stereocenters. The van der Waals surface area contributed by atoms with Crippen LogP contribution in [0.5, 0.6) is 0 Å². The van der Waals surface area contributed by atoms with E-state index in [1.165, 1.54) is 15.2 Å². The van der Waals surface area contributed by atoms with E-state index in [0.29, 0.717) is 0 Å². The van der Waals surface area contributed by atoms with Gasteiger partial charge in [0.2, 0.25) is 10.9 Å². The summed E-state index contributed by atoms with van der Waals surface area (Å²) >= 11 is 5.94. The van der Waals surface area contributed by atoms with Crippen LogP contribution in [0.25, 0.3) is 0 Å². The minimum atomic E-state index is -3.85. The molecule has 1 aliphatic heterocycles. The number of halogens is 5. The van der Waals surface area contributed by atoms with E-state index in [0.717, 1.165) is 12.1 Å². The number of carbonyl (C=O) groups is 1. The molecule has 1 aromatic heterocycles. The van der Waals surface area contributed by atoms with E-state index in [4.69, 9.17) is 11.6 Å². The number of aryl methyl sites for hydroxylation is 1. The Morgan fingerprint density at radius 3 is 2.25 bits per heavy atom. The topological polar surface area (TPSA) is 88.4 Å². The van der Waals surface area contributed by atoms with Crippen LogP contribution in [-0.4, -0.2) is 76.0 Å². The van der Waals surface area contributed by atoms with Crippen LogP contribution in [0.3, 0.4) is 0 Å². The molecule has 2 aromatic rings. The number of piperazine rings is 1. The second kappa shape index (κ2) is 9.99. The first-order valence-electron chi connectivity index (χ1n) is 11.5. The van der Waals surface area contributed by atoms with Crippen LogP contribution in [0.2, 0.25) is 5.02 Å². The Balaban J connectivity index is 1.49. The molecule has 0 radical (unpaired) electrons. The average molecular weight is 552 g/mol. The molecule has 1 aliphatic carbocycles. The Morgan fingerprint density at radius 2 is 1.67 bits per heavy atom. The van der Waals surface area contributed by atoms with E-state index >= 15 is 0 Å². The summed E-state index contributed by atoms with van der Waals surface area (Å²) in [4.78, 5) is 14.8. The lowest BCUT2D eigenvalue weighted by Crippen LogP contribution is -2.59. The quantitative estimate of drug-likeness (QED) is 0.296. The van der Waals surface area contributed by atoms with E-state index < -0.39 is 38.9 Å². The number of Topliss-reactive ketones (excluding diaryl/α,β-unsaturated/α-hetero) is 1. The Morgan fingerprint density at radius 1 is 1.06 bits per heavy atom. The zero-order valence-electron chi connectivity index (χ0n) is 19.6. The molecule has 2 fully saturated rings. The summed E-state index contributed by atoms with van der Waals surface area (Å²) in [6.07, 6.45) is 0.936.